The van der Waals surface area contributed by atoms with Crippen LogP contribution in [0.1, 0.15) is 62.3 Å². The van der Waals surface area contributed by atoms with Crippen LogP contribution in [0.2, 0.25) is 0 Å². The van der Waals surface area contributed by atoms with Gasteiger partial charge in [-0.1, -0.05) is 85.5 Å². The standard InChI is InChI=1S/C24H31Cl2NO2/c1-21(2,3)15-12-24(23(7,8)9,13-16(19(15)28)22(4,5)6)27-14-10-17(25)20(29)18(26)11-14/h10-13H,1-9H3. The molecule has 0 fully saturated rings. The van der Waals surface area contributed by atoms with Crippen LogP contribution in [-0.4, -0.2) is 22.8 Å². The highest BCUT2D eigenvalue weighted by Crippen LogP contribution is 2.47. The summed E-state index contributed by atoms with van der Waals surface area (Å²) in [7, 11) is 0. The lowest BCUT2D eigenvalue weighted by molar-refractivity contribution is -0.114. The molecule has 5 heteroatoms. The van der Waals surface area contributed by atoms with Crippen molar-refractivity contribution in [3.8, 4) is 0 Å². The highest BCUT2D eigenvalue weighted by atomic mass is 35.5. The zero-order chi connectivity index (χ0) is 22.6. The zero-order valence-corrected chi connectivity index (χ0v) is 20.3. The second-order valence-electron chi connectivity index (χ2n) is 10.9. The molecule has 0 bridgehead atoms. The monoisotopic (exact) mass is 435 g/mol. The lowest BCUT2D eigenvalue weighted by atomic mass is 9.63. The van der Waals surface area contributed by atoms with Gasteiger partial charge in [0.15, 0.2) is 5.78 Å². The highest BCUT2D eigenvalue weighted by Gasteiger charge is 2.46. The molecule has 158 valence electrons. The summed E-state index contributed by atoms with van der Waals surface area (Å²) in [6.07, 6.45) is 7.04. The summed E-state index contributed by atoms with van der Waals surface area (Å²) in [5.74, 6) is -0.348. The van der Waals surface area contributed by atoms with Crippen LogP contribution in [0.5, 0.6) is 0 Å². The molecule has 0 aromatic carbocycles. The second kappa shape index (κ2) is 7.35. The number of hydrogen-bond donors (Lipinski definition) is 0. The first-order valence-electron chi connectivity index (χ1n) is 9.79. The largest absolute Gasteiger partial charge is 0.289 e. The first kappa shape index (κ1) is 23.8. The summed E-state index contributed by atoms with van der Waals surface area (Å²) in [4.78, 5) is 30.3. The van der Waals surface area contributed by atoms with E-state index >= 15 is 0 Å². The summed E-state index contributed by atoms with van der Waals surface area (Å²) in [5, 5.41) is 0.0690. The number of allylic oxidation sites excluding steroid dienone is 6. The molecule has 3 nitrogen and oxygen atoms in total. The Hall–Kier alpha value is -1.45. The maximum Gasteiger partial charge on any atom is 0.215 e. The fourth-order valence-electron chi connectivity index (χ4n) is 3.36. The molecule has 0 spiro atoms. The smallest absolute Gasteiger partial charge is 0.215 e. The number of ketones is 2. The Morgan fingerprint density at radius 3 is 1.41 bits per heavy atom. The molecule has 0 amide bonds. The van der Waals surface area contributed by atoms with Crippen LogP contribution < -0.4 is 0 Å². The minimum Gasteiger partial charge on any atom is -0.289 e. The predicted octanol–water partition coefficient (Wildman–Crippen LogP) is 6.57. The van der Waals surface area contributed by atoms with Crippen LogP contribution in [0.4, 0.5) is 0 Å². The minimum absolute atomic E-state index is 0.0345. The number of nitrogens with zero attached hydrogens (tertiary/aromatic N) is 1. The number of carbonyl (C=O) groups is 2. The SMILES string of the molecule is CC(C)(C)C1=CC(N=C2C=C(Cl)C(=O)C(Cl)=C2)(C(C)(C)C)C=C(C(C)(C)C)C1=O. The molecule has 0 saturated carbocycles. The molecule has 2 rings (SSSR count). The average Bonchev–Trinajstić information content (AvgIpc) is 2.50. The zero-order valence-electron chi connectivity index (χ0n) is 18.8. The van der Waals surface area contributed by atoms with Crippen LogP contribution in [0.3, 0.4) is 0 Å². The average molecular weight is 436 g/mol. The molecule has 0 aliphatic heterocycles. The molecule has 29 heavy (non-hydrogen) atoms. The van der Waals surface area contributed by atoms with E-state index in [0.29, 0.717) is 5.71 Å². The van der Waals surface area contributed by atoms with Crippen molar-refractivity contribution in [3.63, 3.8) is 0 Å². The van der Waals surface area contributed by atoms with Crippen molar-refractivity contribution in [2.75, 3.05) is 0 Å². The van der Waals surface area contributed by atoms with E-state index in [1.165, 1.54) is 12.2 Å². The Bertz CT molecular complexity index is 850. The van der Waals surface area contributed by atoms with E-state index in [1.807, 2.05) is 53.7 Å². The predicted molar refractivity (Wildman–Crippen MR) is 123 cm³/mol. The number of carbonyl (C=O) groups excluding carboxylic acids is 2. The molecule has 0 aromatic heterocycles. The molecule has 0 atom stereocenters. The highest BCUT2D eigenvalue weighted by molar-refractivity contribution is 6.57. The summed E-state index contributed by atoms with van der Waals surface area (Å²) in [5.41, 5.74) is 0.142. The van der Waals surface area contributed by atoms with Gasteiger partial charge in [-0.3, -0.25) is 14.6 Å². The Morgan fingerprint density at radius 2 is 1.10 bits per heavy atom. The first-order valence-corrected chi connectivity index (χ1v) is 10.5. The Kier molecular flexibility index (Phi) is 6.04. The second-order valence-corrected chi connectivity index (χ2v) is 11.7. The van der Waals surface area contributed by atoms with Crippen molar-refractivity contribution in [2.45, 2.75) is 67.9 Å². The molecule has 0 aromatic rings. The third kappa shape index (κ3) is 4.67. The molecule has 0 N–H and O–H groups in total. The summed E-state index contributed by atoms with van der Waals surface area (Å²) < 4.78 is 0. The van der Waals surface area contributed by atoms with Gasteiger partial charge in [0.2, 0.25) is 5.78 Å². The molecular weight excluding hydrogens is 405 g/mol. The lowest BCUT2D eigenvalue weighted by Crippen LogP contribution is -2.44. The van der Waals surface area contributed by atoms with Crippen LogP contribution in [0.25, 0.3) is 0 Å². The Balaban J connectivity index is 2.89. The van der Waals surface area contributed by atoms with E-state index in [-0.39, 0.29) is 32.1 Å². The topological polar surface area (TPSA) is 46.5 Å². The molecule has 0 unspecified atom stereocenters. The van der Waals surface area contributed by atoms with Gasteiger partial charge in [0, 0.05) is 11.1 Å². The van der Waals surface area contributed by atoms with Gasteiger partial charge in [-0.25, -0.2) is 0 Å². The number of rotatable bonds is 1. The van der Waals surface area contributed by atoms with Crippen LogP contribution in [-0.2, 0) is 9.59 Å². The number of halogens is 2. The van der Waals surface area contributed by atoms with Gasteiger partial charge in [-0.05, 0) is 40.5 Å². The maximum absolute atomic E-state index is 13.4. The van der Waals surface area contributed by atoms with Gasteiger partial charge in [-0.15, -0.1) is 0 Å². The summed E-state index contributed by atoms with van der Waals surface area (Å²) in [6.45, 7) is 18.5. The molecule has 0 saturated heterocycles. The minimum atomic E-state index is -0.802. The number of hydrogen-bond acceptors (Lipinski definition) is 3. The third-order valence-electron chi connectivity index (χ3n) is 5.33. The normalized spacial score (nSPS) is 20.7. The lowest BCUT2D eigenvalue weighted by Gasteiger charge is -2.44. The van der Waals surface area contributed by atoms with Gasteiger partial charge < -0.3 is 0 Å². The van der Waals surface area contributed by atoms with E-state index in [2.05, 4.69) is 20.8 Å². The Morgan fingerprint density at radius 1 is 0.724 bits per heavy atom. The molecule has 2 aliphatic rings. The van der Waals surface area contributed by atoms with Gasteiger partial charge >= 0.3 is 0 Å². The number of aliphatic imine (C=N–C) groups is 1. The fraction of sp³-hybridized carbons (Fsp3) is 0.542. The van der Waals surface area contributed by atoms with Crippen molar-refractivity contribution in [1.29, 1.82) is 0 Å². The van der Waals surface area contributed by atoms with Gasteiger partial charge in [0.25, 0.3) is 0 Å². The fourth-order valence-corrected chi connectivity index (χ4v) is 3.84. The Labute approximate surface area is 184 Å². The summed E-state index contributed by atoms with van der Waals surface area (Å²) in [6, 6.07) is 0. The molecular formula is C24H31Cl2NO2. The third-order valence-corrected chi connectivity index (χ3v) is 5.89. The van der Waals surface area contributed by atoms with Crippen molar-refractivity contribution in [3.05, 3.63) is 45.5 Å². The van der Waals surface area contributed by atoms with Crippen molar-refractivity contribution in [2.24, 2.45) is 21.2 Å². The van der Waals surface area contributed by atoms with E-state index in [0.717, 1.165) is 11.1 Å². The van der Waals surface area contributed by atoms with Crippen LogP contribution in [0, 0.1) is 16.2 Å². The van der Waals surface area contributed by atoms with Gasteiger partial charge in [-0.2, -0.15) is 0 Å². The molecule has 0 radical (unpaired) electrons. The maximum atomic E-state index is 13.4. The van der Waals surface area contributed by atoms with E-state index in [4.69, 9.17) is 28.2 Å². The van der Waals surface area contributed by atoms with Gasteiger partial charge in [0.05, 0.1) is 15.8 Å². The quantitative estimate of drug-likeness (QED) is 0.437. The first-order chi connectivity index (χ1) is 12.9. The van der Waals surface area contributed by atoms with E-state index in [9.17, 15) is 9.59 Å². The van der Waals surface area contributed by atoms with Crippen LogP contribution in [0.15, 0.2) is 50.5 Å². The molecule has 0 heterocycles. The van der Waals surface area contributed by atoms with Crippen molar-refractivity contribution in [1.82, 2.24) is 0 Å². The molecule has 2 aliphatic carbocycles. The summed E-state index contributed by atoms with van der Waals surface area (Å²) >= 11 is 12.2. The number of Topliss-reactive ketones (excluding diaryl/α,β-unsaturated/α-hetero) is 2. The van der Waals surface area contributed by atoms with E-state index in [1.54, 1.807) is 0 Å². The van der Waals surface area contributed by atoms with Crippen molar-refractivity contribution < 1.29 is 9.59 Å². The van der Waals surface area contributed by atoms with E-state index < -0.39 is 11.3 Å². The van der Waals surface area contributed by atoms with Crippen LogP contribution >= 0.6 is 23.2 Å². The van der Waals surface area contributed by atoms with Crippen molar-refractivity contribution >= 4 is 40.5 Å². The van der Waals surface area contributed by atoms with Gasteiger partial charge in [0.1, 0.15) is 5.54 Å².